The summed E-state index contributed by atoms with van der Waals surface area (Å²) in [6.07, 6.45) is 0.925. The highest BCUT2D eigenvalue weighted by atomic mass is 32.2. The number of aryl methyl sites for hydroxylation is 1. The number of hydrogen-bond acceptors (Lipinski definition) is 6. The van der Waals surface area contributed by atoms with Crippen LogP contribution in [0.5, 0.6) is 0 Å². The van der Waals surface area contributed by atoms with Crippen molar-refractivity contribution in [1.29, 1.82) is 0 Å². The van der Waals surface area contributed by atoms with E-state index in [1.165, 1.54) is 32.6 Å². The second kappa shape index (κ2) is 8.98. The maximum absolute atomic E-state index is 13.3. The average molecular weight is 467 g/mol. The molecule has 0 saturated heterocycles. The molecule has 0 aliphatic carbocycles. The monoisotopic (exact) mass is 466 g/mol. The molecule has 0 radical (unpaired) electrons. The van der Waals surface area contributed by atoms with Gasteiger partial charge >= 0.3 is 0 Å². The number of hydrogen-bond donors (Lipinski definition) is 0. The second-order valence-electron chi connectivity index (χ2n) is 7.44. The van der Waals surface area contributed by atoms with Crippen molar-refractivity contribution < 1.29 is 4.79 Å². The van der Waals surface area contributed by atoms with Gasteiger partial charge in [-0.2, -0.15) is 0 Å². The molecule has 0 saturated carbocycles. The number of rotatable bonds is 6. The Hall–Kier alpha value is -2.42. The summed E-state index contributed by atoms with van der Waals surface area (Å²) < 4.78 is 2.08. The van der Waals surface area contributed by atoms with Crippen LogP contribution in [0.25, 0.3) is 0 Å². The third-order valence-electron chi connectivity index (χ3n) is 5.51. The van der Waals surface area contributed by atoms with Crippen LogP contribution in [0, 0.1) is 6.92 Å². The van der Waals surface area contributed by atoms with E-state index in [2.05, 4.69) is 55.9 Å². The summed E-state index contributed by atoms with van der Waals surface area (Å²) in [4.78, 5) is 18.0. The Morgan fingerprint density at radius 2 is 1.97 bits per heavy atom. The van der Waals surface area contributed by atoms with Gasteiger partial charge in [-0.1, -0.05) is 48.2 Å². The molecule has 1 aliphatic heterocycles. The lowest BCUT2D eigenvalue weighted by Gasteiger charge is -2.35. The second-order valence-corrected chi connectivity index (χ2v) is 10.4. The van der Waals surface area contributed by atoms with Crippen molar-refractivity contribution in [2.24, 2.45) is 0 Å². The van der Waals surface area contributed by atoms with Crippen molar-refractivity contribution in [2.45, 2.75) is 31.1 Å². The lowest BCUT2D eigenvalue weighted by Crippen LogP contribution is -2.40. The Bertz CT molecular complexity index is 1170. The van der Waals surface area contributed by atoms with Crippen molar-refractivity contribution in [3.05, 3.63) is 86.0 Å². The molecule has 1 aliphatic rings. The molecule has 1 aromatic carbocycles. The fourth-order valence-corrected chi connectivity index (χ4v) is 6.59. The van der Waals surface area contributed by atoms with E-state index in [9.17, 15) is 4.79 Å². The van der Waals surface area contributed by atoms with Gasteiger partial charge in [-0.15, -0.1) is 32.9 Å². The van der Waals surface area contributed by atoms with Crippen LogP contribution >= 0.6 is 34.4 Å². The first kappa shape index (κ1) is 20.5. The summed E-state index contributed by atoms with van der Waals surface area (Å²) in [5, 5.41) is 13.6. The number of carbonyl (C=O) groups excluding carboxylic acids is 1. The van der Waals surface area contributed by atoms with Crippen LogP contribution in [-0.2, 0) is 17.8 Å². The summed E-state index contributed by atoms with van der Waals surface area (Å²) in [5.74, 6) is 1.36. The Kier molecular flexibility index (Phi) is 5.93. The molecule has 0 N–H and O–H groups in total. The molecular formula is C23H22N4OS3. The van der Waals surface area contributed by atoms with E-state index in [0.29, 0.717) is 12.3 Å². The lowest BCUT2D eigenvalue weighted by molar-refractivity contribution is -0.130. The predicted molar refractivity (Wildman–Crippen MR) is 127 cm³/mol. The highest BCUT2D eigenvalue weighted by molar-refractivity contribution is 7.99. The zero-order chi connectivity index (χ0) is 21.2. The van der Waals surface area contributed by atoms with Gasteiger partial charge in [0.15, 0.2) is 5.16 Å². The number of amides is 1. The zero-order valence-corrected chi connectivity index (χ0v) is 19.6. The quantitative estimate of drug-likeness (QED) is 0.374. The van der Waals surface area contributed by atoms with Crippen LogP contribution in [0.3, 0.4) is 0 Å². The van der Waals surface area contributed by atoms with E-state index in [4.69, 9.17) is 0 Å². The molecule has 5 rings (SSSR count). The first-order chi connectivity index (χ1) is 15.2. The van der Waals surface area contributed by atoms with E-state index in [0.717, 1.165) is 23.9 Å². The largest absolute Gasteiger partial charge is 0.330 e. The third-order valence-corrected chi connectivity index (χ3v) is 8.38. The van der Waals surface area contributed by atoms with E-state index >= 15 is 0 Å². The Morgan fingerprint density at radius 3 is 2.77 bits per heavy atom. The number of thiophene rings is 2. The summed E-state index contributed by atoms with van der Waals surface area (Å²) in [6, 6.07) is 16.7. The van der Waals surface area contributed by atoms with Crippen LogP contribution in [-0.4, -0.2) is 37.9 Å². The maximum Gasteiger partial charge on any atom is 0.233 e. The minimum absolute atomic E-state index is 0.0204. The Morgan fingerprint density at radius 1 is 1.10 bits per heavy atom. The predicted octanol–water partition coefficient (Wildman–Crippen LogP) is 5.02. The molecule has 0 unspecified atom stereocenters. The molecule has 3 aromatic heterocycles. The number of thioether (sulfide) groups is 1. The van der Waals surface area contributed by atoms with E-state index in [-0.39, 0.29) is 11.9 Å². The van der Waals surface area contributed by atoms with Crippen LogP contribution in [0.4, 0.5) is 0 Å². The SMILES string of the molecule is Cc1nnc(SCC(=O)N2CCc3sccc3[C@@H]2c2cccs2)n1Cc1ccccc1. The van der Waals surface area contributed by atoms with Crippen molar-refractivity contribution >= 4 is 40.3 Å². The van der Waals surface area contributed by atoms with Crippen LogP contribution < -0.4 is 0 Å². The van der Waals surface area contributed by atoms with E-state index in [1.807, 2.05) is 30.0 Å². The standard InChI is InChI=1S/C23H22N4OS3/c1-16-24-25-23(27(16)14-17-6-3-2-4-7-17)31-15-21(28)26-11-9-19-18(10-13-30-19)22(26)20-8-5-12-29-20/h2-8,10,12-13,22H,9,11,14-15H2,1H3/t22-/m1/s1. The number of nitrogens with zero attached hydrogens (tertiary/aromatic N) is 4. The summed E-state index contributed by atoms with van der Waals surface area (Å²) >= 11 is 4.99. The number of benzene rings is 1. The molecule has 4 aromatic rings. The first-order valence-corrected chi connectivity index (χ1v) is 12.9. The molecule has 0 fully saturated rings. The topological polar surface area (TPSA) is 51.0 Å². The van der Waals surface area contributed by atoms with Crippen molar-refractivity contribution in [3.8, 4) is 0 Å². The van der Waals surface area contributed by atoms with Gasteiger partial charge in [0, 0.05) is 16.3 Å². The van der Waals surface area contributed by atoms with Crippen LogP contribution in [0.2, 0.25) is 0 Å². The van der Waals surface area contributed by atoms with Gasteiger partial charge < -0.3 is 9.47 Å². The van der Waals surface area contributed by atoms with Crippen molar-refractivity contribution in [3.63, 3.8) is 0 Å². The Labute approximate surface area is 193 Å². The summed E-state index contributed by atoms with van der Waals surface area (Å²) in [7, 11) is 0. The van der Waals surface area contributed by atoms with E-state index < -0.39 is 0 Å². The minimum Gasteiger partial charge on any atom is -0.330 e. The molecule has 1 atom stereocenters. The van der Waals surface area contributed by atoms with Crippen LogP contribution in [0.1, 0.15) is 32.7 Å². The molecular weight excluding hydrogens is 444 g/mol. The smallest absolute Gasteiger partial charge is 0.233 e. The molecule has 31 heavy (non-hydrogen) atoms. The first-order valence-electron chi connectivity index (χ1n) is 10.2. The summed E-state index contributed by atoms with van der Waals surface area (Å²) in [6.45, 7) is 3.42. The van der Waals surface area contributed by atoms with E-state index in [1.54, 1.807) is 22.7 Å². The molecule has 0 bridgehead atoms. The van der Waals surface area contributed by atoms with Gasteiger partial charge in [0.25, 0.3) is 0 Å². The van der Waals surface area contributed by atoms with Gasteiger partial charge in [0.1, 0.15) is 5.82 Å². The van der Waals surface area contributed by atoms with Gasteiger partial charge in [-0.05, 0) is 47.4 Å². The van der Waals surface area contributed by atoms with Crippen molar-refractivity contribution in [2.75, 3.05) is 12.3 Å². The molecule has 5 nitrogen and oxygen atoms in total. The van der Waals surface area contributed by atoms with Gasteiger partial charge in [0.2, 0.25) is 5.91 Å². The van der Waals surface area contributed by atoms with Crippen LogP contribution in [0.15, 0.2) is 64.4 Å². The highest BCUT2D eigenvalue weighted by Crippen LogP contribution is 2.39. The number of carbonyl (C=O) groups is 1. The fourth-order valence-electron chi connectivity index (χ4n) is 3.96. The van der Waals surface area contributed by atoms with Gasteiger partial charge in [-0.3, -0.25) is 4.79 Å². The fraction of sp³-hybridized carbons (Fsp3) is 0.261. The summed E-state index contributed by atoms with van der Waals surface area (Å²) in [5.41, 5.74) is 2.47. The zero-order valence-electron chi connectivity index (χ0n) is 17.1. The Balaban J connectivity index is 1.33. The van der Waals surface area contributed by atoms with Crippen molar-refractivity contribution in [1.82, 2.24) is 19.7 Å². The molecule has 4 heterocycles. The minimum atomic E-state index is 0.0204. The van der Waals surface area contributed by atoms with Gasteiger partial charge in [0.05, 0.1) is 18.3 Å². The molecule has 158 valence electrons. The molecule has 0 spiro atoms. The third kappa shape index (κ3) is 4.20. The average Bonchev–Trinajstić information content (AvgIpc) is 3.55. The van der Waals surface area contributed by atoms with Gasteiger partial charge in [-0.25, -0.2) is 0 Å². The molecule has 1 amide bonds. The maximum atomic E-state index is 13.3. The lowest BCUT2D eigenvalue weighted by atomic mass is 9.98. The normalized spacial score (nSPS) is 15.8. The number of aromatic nitrogens is 3. The number of fused-ring (bicyclic) bond motifs is 1. The highest BCUT2D eigenvalue weighted by Gasteiger charge is 2.33. The molecule has 8 heteroatoms.